The molecule has 0 radical (unpaired) electrons. The average Bonchev–Trinajstić information content (AvgIpc) is 2.85. The number of esters is 1. The van der Waals surface area contributed by atoms with Gasteiger partial charge in [-0.25, -0.2) is 0 Å². The first-order valence-electron chi connectivity index (χ1n) is 9.69. The molecular formula is C21H30O5. The van der Waals surface area contributed by atoms with Crippen LogP contribution in [0.15, 0.2) is 11.3 Å². The monoisotopic (exact) mass is 362 g/mol. The van der Waals surface area contributed by atoms with E-state index in [1.54, 1.807) is 0 Å². The molecular weight excluding hydrogens is 332 g/mol. The lowest BCUT2D eigenvalue weighted by Gasteiger charge is -2.40. The lowest BCUT2D eigenvalue weighted by molar-refractivity contribution is -0.150. The minimum Gasteiger partial charge on any atom is -0.491 e. The third-order valence-electron chi connectivity index (χ3n) is 6.76. The third-order valence-corrected chi connectivity index (χ3v) is 6.76. The molecule has 1 saturated heterocycles. The van der Waals surface area contributed by atoms with Crippen molar-refractivity contribution in [2.24, 2.45) is 29.6 Å². The Morgan fingerprint density at radius 2 is 1.85 bits per heavy atom. The topological polar surface area (TPSA) is 69.7 Å². The summed E-state index contributed by atoms with van der Waals surface area (Å²) in [6.45, 7) is 8.11. The lowest BCUT2D eigenvalue weighted by Crippen LogP contribution is -2.44. The van der Waals surface area contributed by atoms with Crippen molar-refractivity contribution in [3.63, 3.8) is 0 Å². The number of methoxy groups -OCH3 is 1. The SMILES string of the molecule is COC(=O)[C@H]1CC(=O)[C@@H](C(C)C)CC2=C(C)[C@H]3CC[C@](C)(O2)[C@H]3C(=O)C1. The average molecular weight is 362 g/mol. The molecule has 0 N–H and O–H groups in total. The van der Waals surface area contributed by atoms with E-state index < -0.39 is 17.5 Å². The number of carbonyl (C=O) groups excluding carboxylic acids is 3. The summed E-state index contributed by atoms with van der Waals surface area (Å²) in [5, 5.41) is 0. The fraction of sp³-hybridized carbons (Fsp3) is 0.762. The largest absolute Gasteiger partial charge is 0.491 e. The van der Waals surface area contributed by atoms with Gasteiger partial charge in [0.2, 0.25) is 0 Å². The minimum absolute atomic E-state index is 0.0231. The van der Waals surface area contributed by atoms with E-state index in [1.807, 2.05) is 27.7 Å². The summed E-state index contributed by atoms with van der Waals surface area (Å²) in [7, 11) is 1.32. The maximum Gasteiger partial charge on any atom is 0.309 e. The molecule has 26 heavy (non-hydrogen) atoms. The molecule has 5 nitrogen and oxygen atoms in total. The molecule has 2 heterocycles. The number of hydrogen-bond acceptors (Lipinski definition) is 5. The number of allylic oxidation sites excluding steroid dienone is 2. The van der Waals surface area contributed by atoms with Crippen LogP contribution in [0.2, 0.25) is 0 Å². The molecule has 2 aliphatic heterocycles. The van der Waals surface area contributed by atoms with Crippen LogP contribution in [0.5, 0.6) is 0 Å². The molecule has 0 amide bonds. The Labute approximate surface area is 155 Å². The minimum atomic E-state index is -0.688. The zero-order valence-corrected chi connectivity index (χ0v) is 16.5. The van der Waals surface area contributed by atoms with Gasteiger partial charge in [-0.3, -0.25) is 14.4 Å². The van der Waals surface area contributed by atoms with E-state index in [1.165, 1.54) is 7.11 Å². The predicted octanol–water partition coefficient (Wildman–Crippen LogP) is 3.46. The molecule has 0 unspecified atom stereocenters. The van der Waals surface area contributed by atoms with Gasteiger partial charge in [0.25, 0.3) is 0 Å². The summed E-state index contributed by atoms with van der Waals surface area (Å²) < 4.78 is 11.3. The summed E-state index contributed by atoms with van der Waals surface area (Å²) >= 11 is 0. The smallest absolute Gasteiger partial charge is 0.309 e. The van der Waals surface area contributed by atoms with Crippen molar-refractivity contribution in [2.45, 2.75) is 65.4 Å². The summed E-state index contributed by atoms with van der Waals surface area (Å²) in [5.74, 6) is -0.345. The molecule has 1 saturated carbocycles. The first-order chi connectivity index (χ1) is 12.2. The van der Waals surface area contributed by atoms with Gasteiger partial charge in [-0.1, -0.05) is 13.8 Å². The Morgan fingerprint density at radius 3 is 2.46 bits per heavy atom. The quantitative estimate of drug-likeness (QED) is 0.704. The predicted molar refractivity (Wildman–Crippen MR) is 96.1 cm³/mol. The number of hydrogen-bond donors (Lipinski definition) is 0. The maximum atomic E-state index is 13.1. The molecule has 5 atom stereocenters. The molecule has 4 bridgehead atoms. The first kappa shape index (κ1) is 19.1. The zero-order valence-electron chi connectivity index (χ0n) is 16.5. The van der Waals surface area contributed by atoms with Gasteiger partial charge >= 0.3 is 5.97 Å². The fourth-order valence-corrected chi connectivity index (χ4v) is 5.20. The molecule has 0 aromatic heterocycles. The van der Waals surface area contributed by atoms with E-state index in [0.29, 0.717) is 6.42 Å². The van der Waals surface area contributed by atoms with Gasteiger partial charge in [0.05, 0.1) is 24.7 Å². The van der Waals surface area contributed by atoms with Crippen LogP contribution >= 0.6 is 0 Å². The van der Waals surface area contributed by atoms with Gasteiger partial charge < -0.3 is 9.47 Å². The van der Waals surface area contributed by atoms with Crippen LogP contribution in [0, 0.1) is 29.6 Å². The summed E-state index contributed by atoms with van der Waals surface area (Å²) in [6, 6.07) is 0. The number of fused-ring (bicyclic) bond motifs is 6. The van der Waals surface area contributed by atoms with Crippen LogP contribution in [-0.2, 0) is 23.9 Å². The molecule has 144 valence electrons. The molecule has 4 aliphatic rings. The highest BCUT2D eigenvalue weighted by Gasteiger charge is 2.55. The number of rotatable bonds is 2. The van der Waals surface area contributed by atoms with Crippen LogP contribution < -0.4 is 0 Å². The molecule has 0 spiro atoms. The summed E-state index contributed by atoms with van der Waals surface area (Å²) in [6.07, 6.45) is 2.44. The van der Waals surface area contributed by atoms with Crippen LogP contribution in [0.1, 0.15) is 59.8 Å². The first-order valence-corrected chi connectivity index (χ1v) is 9.69. The highest BCUT2D eigenvalue weighted by Crippen LogP contribution is 2.54. The standard InChI is InChI=1S/C21H30O5/c1-11(2)15-10-18-12(3)14-6-7-21(4,26-18)19(14)17(23)9-13(8-16(15)22)20(24)25-5/h11,13-15,19H,6-10H2,1-5H3/t13-,14+,15+,19+,21-/m0/s1. The van der Waals surface area contributed by atoms with Crippen LogP contribution in [0.25, 0.3) is 0 Å². The van der Waals surface area contributed by atoms with E-state index >= 15 is 0 Å². The van der Waals surface area contributed by atoms with Gasteiger partial charge in [-0.15, -0.1) is 0 Å². The molecule has 5 heteroatoms. The molecule has 0 aromatic carbocycles. The van der Waals surface area contributed by atoms with E-state index in [9.17, 15) is 14.4 Å². The maximum absolute atomic E-state index is 13.1. The van der Waals surface area contributed by atoms with Gasteiger partial charge in [-0.2, -0.15) is 0 Å². The number of Topliss-reactive ketones (excluding diaryl/α,β-unsaturated/α-hetero) is 2. The van der Waals surface area contributed by atoms with Gasteiger partial charge in [-0.05, 0) is 44.1 Å². The van der Waals surface area contributed by atoms with Crippen molar-refractivity contribution in [1.29, 1.82) is 0 Å². The molecule has 2 fully saturated rings. The van der Waals surface area contributed by atoms with Crippen LogP contribution in [0.3, 0.4) is 0 Å². The van der Waals surface area contributed by atoms with Crippen LogP contribution in [-0.4, -0.2) is 30.2 Å². The van der Waals surface area contributed by atoms with Gasteiger partial charge in [0.1, 0.15) is 17.2 Å². The Morgan fingerprint density at radius 1 is 1.19 bits per heavy atom. The Bertz CT molecular complexity index is 661. The molecule has 2 aliphatic carbocycles. The summed E-state index contributed by atoms with van der Waals surface area (Å²) in [5.41, 5.74) is 0.597. The number of ether oxygens (including phenoxy) is 2. The van der Waals surface area contributed by atoms with Gasteiger partial charge in [0, 0.05) is 25.2 Å². The Hall–Kier alpha value is -1.65. The van der Waals surface area contributed by atoms with E-state index in [-0.39, 0.29) is 48.1 Å². The lowest BCUT2D eigenvalue weighted by atomic mass is 9.75. The summed E-state index contributed by atoms with van der Waals surface area (Å²) in [4.78, 5) is 38.4. The van der Waals surface area contributed by atoms with Crippen molar-refractivity contribution in [1.82, 2.24) is 0 Å². The Balaban J connectivity index is 2.06. The molecule has 0 aromatic rings. The molecule has 4 rings (SSSR count). The highest BCUT2D eigenvalue weighted by molar-refractivity contribution is 5.92. The Kier molecular flexibility index (Phi) is 5.02. The van der Waals surface area contributed by atoms with Crippen molar-refractivity contribution < 1.29 is 23.9 Å². The highest BCUT2D eigenvalue weighted by atomic mass is 16.5. The number of ketones is 2. The second-order valence-corrected chi connectivity index (χ2v) is 8.76. The van der Waals surface area contributed by atoms with Gasteiger partial charge in [0.15, 0.2) is 0 Å². The number of carbonyl (C=O) groups is 3. The van der Waals surface area contributed by atoms with E-state index in [0.717, 1.165) is 24.2 Å². The second-order valence-electron chi connectivity index (χ2n) is 8.76. The third kappa shape index (κ3) is 3.10. The van der Waals surface area contributed by atoms with Crippen molar-refractivity contribution in [3.8, 4) is 0 Å². The normalized spacial score (nSPS) is 37.6. The second kappa shape index (κ2) is 6.82. The zero-order chi connectivity index (χ0) is 19.2. The fourth-order valence-electron chi connectivity index (χ4n) is 5.20. The van der Waals surface area contributed by atoms with Crippen molar-refractivity contribution in [3.05, 3.63) is 11.3 Å². The van der Waals surface area contributed by atoms with Crippen molar-refractivity contribution in [2.75, 3.05) is 7.11 Å². The van der Waals surface area contributed by atoms with E-state index in [4.69, 9.17) is 9.47 Å². The van der Waals surface area contributed by atoms with E-state index in [2.05, 4.69) is 0 Å². The van der Waals surface area contributed by atoms with Crippen LogP contribution in [0.4, 0.5) is 0 Å². The van der Waals surface area contributed by atoms with Crippen molar-refractivity contribution >= 4 is 17.5 Å².